The van der Waals surface area contributed by atoms with Crippen LogP contribution in [0.4, 0.5) is 5.69 Å². The normalized spacial score (nSPS) is 15.0. The highest BCUT2D eigenvalue weighted by atomic mass is 32.2. The van der Waals surface area contributed by atoms with Gasteiger partial charge in [0.25, 0.3) is 5.56 Å². The van der Waals surface area contributed by atoms with Crippen LogP contribution in [0.15, 0.2) is 51.1 Å². The molecule has 194 valence electrons. The maximum atomic E-state index is 13.5. The molecule has 4 aromatic rings. The predicted molar refractivity (Wildman–Crippen MR) is 140 cm³/mol. The lowest BCUT2D eigenvalue weighted by molar-refractivity contribution is -0.129. The standard InChI is InChI=1S/C25H29N7O4S/c1-16-5-8-21(17(2)13-16)37(35,36)25-23-26-24(34)19-7-6-18(14-20(19)32(23)28-27-25)31-11-9-30(10-12-31)15-22(33)29(3)4/h5-8,13-14,28H,9-12,15H2,1-4H3. The molecule has 0 unspecified atom stereocenters. The van der Waals surface area contributed by atoms with E-state index < -0.39 is 15.4 Å². The van der Waals surface area contributed by atoms with E-state index in [1.54, 1.807) is 50.2 Å². The highest BCUT2D eigenvalue weighted by molar-refractivity contribution is 7.91. The van der Waals surface area contributed by atoms with Gasteiger partial charge in [-0.1, -0.05) is 17.7 Å². The van der Waals surface area contributed by atoms with Crippen LogP contribution in [0.25, 0.3) is 16.6 Å². The first-order chi connectivity index (χ1) is 17.6. The molecule has 0 saturated carbocycles. The van der Waals surface area contributed by atoms with Gasteiger partial charge in [0.2, 0.25) is 20.8 Å². The summed E-state index contributed by atoms with van der Waals surface area (Å²) in [5, 5.41) is 6.90. The molecule has 1 amide bonds. The number of rotatable bonds is 5. The summed E-state index contributed by atoms with van der Waals surface area (Å²) >= 11 is 0. The van der Waals surface area contributed by atoms with Gasteiger partial charge in [0.05, 0.1) is 22.3 Å². The van der Waals surface area contributed by atoms with Crippen molar-refractivity contribution in [2.75, 3.05) is 51.7 Å². The Labute approximate surface area is 214 Å². The second-order valence-electron chi connectivity index (χ2n) is 9.62. The number of anilines is 1. The summed E-state index contributed by atoms with van der Waals surface area (Å²) in [6, 6.07) is 10.5. The number of carbonyl (C=O) groups excluding carboxylic acids is 1. The van der Waals surface area contributed by atoms with Crippen molar-refractivity contribution >= 4 is 38.0 Å². The lowest BCUT2D eigenvalue weighted by atomic mass is 10.2. The van der Waals surface area contributed by atoms with E-state index in [9.17, 15) is 18.0 Å². The van der Waals surface area contributed by atoms with Gasteiger partial charge < -0.3 is 9.80 Å². The van der Waals surface area contributed by atoms with Crippen molar-refractivity contribution in [2.45, 2.75) is 23.8 Å². The van der Waals surface area contributed by atoms with Crippen LogP contribution in [0, 0.1) is 13.8 Å². The fourth-order valence-electron chi connectivity index (χ4n) is 4.68. The van der Waals surface area contributed by atoms with Crippen LogP contribution in [0.5, 0.6) is 0 Å². The monoisotopic (exact) mass is 523 g/mol. The van der Waals surface area contributed by atoms with Gasteiger partial charge in [-0.15, -0.1) is 5.10 Å². The van der Waals surface area contributed by atoms with E-state index in [-0.39, 0.29) is 21.5 Å². The molecule has 2 aromatic heterocycles. The summed E-state index contributed by atoms with van der Waals surface area (Å²) in [5.41, 5.74) is 2.36. The number of hydrogen-bond acceptors (Lipinski definition) is 8. The summed E-state index contributed by atoms with van der Waals surface area (Å²) in [5.74, 6) is 0.0688. The molecule has 1 aliphatic heterocycles. The molecule has 1 N–H and O–H groups in total. The molecule has 0 aliphatic carbocycles. The second-order valence-corrected chi connectivity index (χ2v) is 11.5. The van der Waals surface area contributed by atoms with Crippen LogP contribution in [0.2, 0.25) is 0 Å². The van der Waals surface area contributed by atoms with Crippen LogP contribution in [-0.4, -0.2) is 90.8 Å². The van der Waals surface area contributed by atoms with Crippen molar-refractivity contribution in [1.29, 1.82) is 0 Å². The van der Waals surface area contributed by atoms with Gasteiger partial charge in [-0.2, -0.15) is 4.98 Å². The predicted octanol–water partition coefficient (Wildman–Crippen LogP) is 1.23. The number of sulfone groups is 1. The topological polar surface area (TPSA) is 124 Å². The Bertz CT molecular complexity index is 1680. The first-order valence-electron chi connectivity index (χ1n) is 12.0. The number of aromatic nitrogens is 4. The van der Waals surface area contributed by atoms with Crippen molar-refractivity contribution in [3.05, 3.63) is 57.9 Å². The number of aryl methyl sites for hydroxylation is 2. The highest BCUT2D eigenvalue weighted by Crippen LogP contribution is 2.27. The number of nitrogens with one attached hydrogen (secondary N) is 1. The van der Waals surface area contributed by atoms with E-state index in [0.717, 1.165) is 24.3 Å². The van der Waals surface area contributed by atoms with E-state index in [4.69, 9.17) is 0 Å². The molecule has 3 heterocycles. The number of fused-ring (bicyclic) bond motifs is 3. The molecule has 5 rings (SSSR count). The third-order valence-corrected chi connectivity index (χ3v) is 8.60. The number of nitrogens with zero attached hydrogens (tertiary/aromatic N) is 6. The molecule has 0 radical (unpaired) electrons. The fourth-order valence-corrected chi connectivity index (χ4v) is 6.15. The molecule has 37 heavy (non-hydrogen) atoms. The average molecular weight is 524 g/mol. The van der Waals surface area contributed by atoms with Crippen molar-refractivity contribution in [3.63, 3.8) is 0 Å². The maximum Gasteiger partial charge on any atom is 0.281 e. The lowest BCUT2D eigenvalue weighted by Gasteiger charge is -2.36. The number of likely N-dealkylation sites (N-methyl/N-ethyl adjacent to an activating group) is 1. The maximum absolute atomic E-state index is 13.5. The van der Waals surface area contributed by atoms with Gasteiger partial charge in [0, 0.05) is 46.0 Å². The summed E-state index contributed by atoms with van der Waals surface area (Å²) < 4.78 is 28.4. The Kier molecular flexibility index (Phi) is 6.24. The van der Waals surface area contributed by atoms with Gasteiger partial charge in [-0.3, -0.25) is 14.5 Å². The van der Waals surface area contributed by atoms with Crippen molar-refractivity contribution in [1.82, 2.24) is 29.6 Å². The highest BCUT2D eigenvalue weighted by Gasteiger charge is 2.28. The number of carbonyl (C=O) groups is 1. The Morgan fingerprint density at radius 3 is 2.46 bits per heavy atom. The molecule has 0 bridgehead atoms. The van der Waals surface area contributed by atoms with Crippen molar-refractivity contribution < 1.29 is 13.2 Å². The van der Waals surface area contributed by atoms with E-state index in [2.05, 4.69) is 25.1 Å². The molecular weight excluding hydrogens is 494 g/mol. The molecule has 1 aliphatic rings. The van der Waals surface area contributed by atoms with Crippen LogP contribution in [0.1, 0.15) is 11.1 Å². The molecule has 1 fully saturated rings. The minimum Gasteiger partial charge on any atom is -0.369 e. The van der Waals surface area contributed by atoms with Gasteiger partial charge in [-0.05, 0) is 43.7 Å². The number of aromatic amines is 1. The summed E-state index contributed by atoms with van der Waals surface area (Å²) in [4.78, 5) is 35.0. The number of hydrogen-bond donors (Lipinski definition) is 1. The smallest absolute Gasteiger partial charge is 0.281 e. The quantitative estimate of drug-likeness (QED) is 0.414. The largest absolute Gasteiger partial charge is 0.369 e. The molecular formula is C25H29N7O4S. The Morgan fingerprint density at radius 1 is 1.05 bits per heavy atom. The van der Waals surface area contributed by atoms with Crippen LogP contribution in [-0.2, 0) is 14.6 Å². The van der Waals surface area contributed by atoms with Crippen molar-refractivity contribution in [3.8, 4) is 0 Å². The summed E-state index contributed by atoms with van der Waals surface area (Å²) in [6.07, 6.45) is 0. The van der Waals surface area contributed by atoms with E-state index in [1.165, 1.54) is 4.52 Å². The zero-order chi connectivity index (χ0) is 26.5. The van der Waals surface area contributed by atoms with Gasteiger partial charge in [0.1, 0.15) is 0 Å². The van der Waals surface area contributed by atoms with Crippen LogP contribution < -0.4 is 10.5 Å². The first kappa shape index (κ1) is 24.9. The lowest BCUT2D eigenvalue weighted by Crippen LogP contribution is -2.49. The number of piperazine rings is 1. The van der Waals surface area contributed by atoms with Gasteiger partial charge >= 0.3 is 0 Å². The minimum absolute atomic E-state index is 0.0401. The number of amides is 1. The molecule has 1 saturated heterocycles. The summed E-state index contributed by atoms with van der Waals surface area (Å²) in [7, 11) is -0.521. The molecule has 11 nitrogen and oxygen atoms in total. The van der Waals surface area contributed by atoms with E-state index >= 15 is 0 Å². The third-order valence-electron chi connectivity index (χ3n) is 6.78. The zero-order valence-corrected chi connectivity index (χ0v) is 22.0. The average Bonchev–Trinajstić information content (AvgIpc) is 3.29. The SMILES string of the molecule is Cc1ccc(S(=O)(=O)c2n[nH]n3c2nc(=O)c2ccc(N4CCN(CC(=O)N(C)C)CC4)cc23)c(C)c1. The van der Waals surface area contributed by atoms with Gasteiger partial charge in [0.15, 0.2) is 5.65 Å². The molecule has 0 spiro atoms. The second kappa shape index (κ2) is 9.27. The number of benzene rings is 2. The zero-order valence-electron chi connectivity index (χ0n) is 21.2. The Balaban J connectivity index is 1.51. The summed E-state index contributed by atoms with van der Waals surface area (Å²) in [6.45, 7) is 6.88. The number of H-pyrrole nitrogens is 1. The Morgan fingerprint density at radius 2 is 1.78 bits per heavy atom. The van der Waals surface area contributed by atoms with Gasteiger partial charge in [-0.25, -0.2) is 18.1 Å². The first-order valence-corrected chi connectivity index (χ1v) is 13.5. The minimum atomic E-state index is -4.02. The fraction of sp³-hybridized carbons (Fsp3) is 0.360. The Hall–Kier alpha value is -3.77. The van der Waals surface area contributed by atoms with Crippen LogP contribution in [0.3, 0.4) is 0 Å². The van der Waals surface area contributed by atoms with Crippen LogP contribution >= 0.6 is 0 Å². The van der Waals surface area contributed by atoms with E-state index in [1.807, 2.05) is 19.1 Å². The van der Waals surface area contributed by atoms with Crippen molar-refractivity contribution in [2.24, 2.45) is 0 Å². The van der Waals surface area contributed by atoms with E-state index in [0.29, 0.717) is 36.1 Å². The molecule has 2 aromatic carbocycles. The molecule has 0 atom stereocenters. The molecule has 12 heteroatoms. The third kappa shape index (κ3) is 4.46.